The van der Waals surface area contributed by atoms with Gasteiger partial charge in [0.25, 0.3) is 5.91 Å². The molecular weight excluding hydrogens is 390 g/mol. The molecule has 5 nitrogen and oxygen atoms in total. The number of aromatic amines is 1. The van der Waals surface area contributed by atoms with E-state index in [0.29, 0.717) is 11.5 Å². The molecule has 0 spiro atoms. The second-order valence-electron chi connectivity index (χ2n) is 6.44. The minimum atomic E-state index is -1.52. The molecule has 2 aromatic rings. The highest BCUT2D eigenvalue weighted by molar-refractivity contribution is 9.10. The van der Waals surface area contributed by atoms with E-state index in [-0.39, 0.29) is 5.91 Å². The molecule has 0 radical (unpaired) electrons. The number of nitrogens with zero attached hydrogens (tertiary/aromatic N) is 1. The molecule has 1 aromatic heterocycles. The van der Waals surface area contributed by atoms with Crippen molar-refractivity contribution in [3.63, 3.8) is 0 Å². The van der Waals surface area contributed by atoms with Gasteiger partial charge in [-0.1, -0.05) is 25.3 Å². The van der Waals surface area contributed by atoms with Crippen molar-refractivity contribution in [2.24, 2.45) is 0 Å². The third-order valence-corrected chi connectivity index (χ3v) is 6.23. The molecule has 130 valence electrons. The van der Waals surface area contributed by atoms with Crippen LogP contribution >= 0.6 is 15.9 Å². The molecule has 1 atom stereocenters. The highest BCUT2D eigenvalue weighted by Crippen LogP contribution is 2.40. The van der Waals surface area contributed by atoms with E-state index in [9.17, 15) is 9.00 Å². The Bertz CT molecular complexity index is 781. The number of halogens is 1. The van der Waals surface area contributed by atoms with Gasteiger partial charge in [0.15, 0.2) is 11.2 Å². The number of carbonyl (C=O) groups is 1. The van der Waals surface area contributed by atoms with Gasteiger partial charge in [-0.05, 0) is 52.4 Å². The number of benzene rings is 1. The number of amides is 1. The van der Waals surface area contributed by atoms with Crippen molar-refractivity contribution in [1.82, 2.24) is 14.0 Å². The molecule has 3 rings (SSSR count). The van der Waals surface area contributed by atoms with E-state index in [1.165, 1.54) is 47.4 Å². The summed E-state index contributed by atoms with van der Waals surface area (Å²) in [5.74, 6) is 0.233. The molecule has 7 heteroatoms. The fourth-order valence-corrected chi connectivity index (χ4v) is 4.56. The van der Waals surface area contributed by atoms with Crippen LogP contribution < -0.4 is 4.72 Å². The first-order chi connectivity index (χ1) is 11.5. The second kappa shape index (κ2) is 7.37. The Morgan fingerprint density at radius 3 is 2.67 bits per heavy atom. The van der Waals surface area contributed by atoms with Crippen molar-refractivity contribution in [3.8, 4) is 0 Å². The van der Waals surface area contributed by atoms with Gasteiger partial charge in [0, 0.05) is 30.6 Å². The molecule has 2 N–H and O–H groups in total. The maximum Gasteiger partial charge on any atom is 0.264 e. The van der Waals surface area contributed by atoms with Gasteiger partial charge in [0.2, 0.25) is 0 Å². The predicted octanol–water partition coefficient (Wildman–Crippen LogP) is 3.85. The predicted molar refractivity (Wildman–Crippen MR) is 101 cm³/mol. The third-order valence-electron chi connectivity index (χ3n) is 4.58. The van der Waals surface area contributed by atoms with E-state index in [2.05, 4.69) is 25.6 Å². The minimum absolute atomic E-state index is 0.339. The highest BCUT2D eigenvalue weighted by atomic mass is 79.9. The zero-order chi connectivity index (χ0) is 17.3. The molecule has 1 aromatic carbocycles. The molecule has 1 heterocycles. The summed E-state index contributed by atoms with van der Waals surface area (Å²) in [4.78, 5) is 15.6. The van der Waals surface area contributed by atoms with E-state index in [4.69, 9.17) is 0 Å². The Hall–Kier alpha value is -1.18. The Morgan fingerprint density at radius 2 is 2.00 bits per heavy atom. The summed E-state index contributed by atoms with van der Waals surface area (Å²) in [6.07, 6.45) is 6.32. The zero-order valence-electron chi connectivity index (χ0n) is 13.9. The average Bonchev–Trinajstić information content (AvgIpc) is 2.90. The van der Waals surface area contributed by atoms with E-state index in [0.717, 1.165) is 10.1 Å². The van der Waals surface area contributed by atoms with Crippen LogP contribution in [0.15, 0.2) is 22.8 Å². The van der Waals surface area contributed by atoms with Crippen molar-refractivity contribution in [3.05, 3.63) is 33.9 Å². The normalized spacial score (nSPS) is 17.3. The maximum atomic E-state index is 12.2. The SMILES string of the molecule is CN(C)S(=O)NC(=O)c1ccc2c(C3CCCCC3)c(Br)[nH]c2c1. The van der Waals surface area contributed by atoms with Crippen LogP contribution in [0.3, 0.4) is 0 Å². The number of hydrogen-bond donors (Lipinski definition) is 2. The number of fused-ring (bicyclic) bond motifs is 1. The van der Waals surface area contributed by atoms with Gasteiger partial charge in [-0.2, -0.15) is 0 Å². The topological polar surface area (TPSA) is 65.2 Å². The van der Waals surface area contributed by atoms with Crippen LogP contribution in [-0.2, 0) is 11.2 Å². The molecule has 0 aliphatic heterocycles. The van der Waals surface area contributed by atoms with E-state index < -0.39 is 11.2 Å². The van der Waals surface area contributed by atoms with Crippen LogP contribution in [0.1, 0.15) is 53.9 Å². The minimum Gasteiger partial charge on any atom is -0.349 e. The third kappa shape index (κ3) is 3.58. The molecule has 1 unspecified atom stereocenters. The molecule has 1 aliphatic carbocycles. The Balaban J connectivity index is 1.89. The summed E-state index contributed by atoms with van der Waals surface area (Å²) in [5, 5.41) is 1.17. The molecule has 24 heavy (non-hydrogen) atoms. The first-order valence-corrected chi connectivity index (χ1v) is 10.1. The van der Waals surface area contributed by atoms with Crippen molar-refractivity contribution < 1.29 is 9.00 Å². The van der Waals surface area contributed by atoms with Crippen LogP contribution in [0.5, 0.6) is 0 Å². The van der Waals surface area contributed by atoms with Crippen LogP contribution in [0, 0.1) is 0 Å². The van der Waals surface area contributed by atoms with Crippen LogP contribution in [-0.4, -0.2) is 33.5 Å². The van der Waals surface area contributed by atoms with E-state index in [1.807, 2.05) is 12.1 Å². The summed E-state index contributed by atoms with van der Waals surface area (Å²) in [7, 11) is 3.30. The standard InChI is InChI=1S/C17H22BrN3O2S/c1-21(2)24(23)20-17(22)12-8-9-13-14(10-12)19-16(18)15(13)11-6-4-3-5-7-11/h8-11,19H,3-7H2,1-2H3,(H,20,22). The van der Waals surface area contributed by atoms with Crippen LogP contribution in [0.25, 0.3) is 10.9 Å². The molecule has 0 bridgehead atoms. The van der Waals surface area contributed by atoms with Crippen LogP contribution in [0.4, 0.5) is 0 Å². The molecule has 1 aliphatic rings. The first-order valence-electron chi connectivity index (χ1n) is 8.18. The number of rotatable bonds is 4. The van der Waals surface area contributed by atoms with Gasteiger partial charge in [0.1, 0.15) is 0 Å². The molecule has 1 saturated carbocycles. The lowest BCUT2D eigenvalue weighted by Crippen LogP contribution is -2.33. The van der Waals surface area contributed by atoms with Gasteiger partial charge in [-0.3, -0.25) is 9.52 Å². The maximum absolute atomic E-state index is 12.2. The second-order valence-corrected chi connectivity index (χ2v) is 8.67. The van der Waals surface area contributed by atoms with Gasteiger partial charge in [-0.15, -0.1) is 0 Å². The van der Waals surface area contributed by atoms with Crippen molar-refractivity contribution >= 4 is 43.9 Å². The molecule has 1 amide bonds. The number of nitrogens with one attached hydrogen (secondary N) is 2. The van der Waals surface area contributed by atoms with Crippen molar-refractivity contribution in [2.75, 3.05) is 14.1 Å². The molecular formula is C17H22BrN3O2S. The smallest absolute Gasteiger partial charge is 0.264 e. The summed E-state index contributed by atoms with van der Waals surface area (Å²) in [6.45, 7) is 0. The van der Waals surface area contributed by atoms with Gasteiger partial charge >= 0.3 is 0 Å². The number of carbonyl (C=O) groups excluding carboxylic acids is 1. The lowest BCUT2D eigenvalue weighted by molar-refractivity contribution is 0.0981. The van der Waals surface area contributed by atoms with Gasteiger partial charge < -0.3 is 4.98 Å². The molecule has 0 saturated heterocycles. The summed E-state index contributed by atoms with van der Waals surface area (Å²) >= 11 is 2.13. The lowest BCUT2D eigenvalue weighted by Gasteiger charge is -2.21. The van der Waals surface area contributed by atoms with E-state index >= 15 is 0 Å². The van der Waals surface area contributed by atoms with Gasteiger partial charge in [-0.25, -0.2) is 8.51 Å². The zero-order valence-corrected chi connectivity index (χ0v) is 16.3. The first kappa shape index (κ1) is 17.6. The fraction of sp³-hybridized carbons (Fsp3) is 0.471. The Labute approximate surface area is 153 Å². The van der Waals surface area contributed by atoms with Crippen LogP contribution in [0.2, 0.25) is 0 Å². The van der Waals surface area contributed by atoms with Crippen molar-refractivity contribution in [2.45, 2.75) is 38.0 Å². The van der Waals surface area contributed by atoms with E-state index in [1.54, 1.807) is 20.2 Å². The monoisotopic (exact) mass is 411 g/mol. The van der Waals surface area contributed by atoms with Crippen molar-refractivity contribution in [1.29, 1.82) is 0 Å². The Kier molecular flexibility index (Phi) is 5.42. The summed E-state index contributed by atoms with van der Waals surface area (Å²) < 4.78 is 16.7. The summed E-state index contributed by atoms with van der Waals surface area (Å²) in [5.41, 5.74) is 2.76. The molecule has 1 fully saturated rings. The lowest BCUT2D eigenvalue weighted by atomic mass is 9.84. The number of hydrogen-bond acceptors (Lipinski definition) is 2. The fourth-order valence-electron chi connectivity index (χ4n) is 3.35. The summed E-state index contributed by atoms with van der Waals surface area (Å²) in [6, 6.07) is 5.62. The highest BCUT2D eigenvalue weighted by Gasteiger charge is 2.22. The quantitative estimate of drug-likeness (QED) is 0.801. The Morgan fingerprint density at radius 1 is 1.29 bits per heavy atom. The average molecular weight is 412 g/mol. The number of aromatic nitrogens is 1. The number of H-pyrrole nitrogens is 1. The van der Waals surface area contributed by atoms with Gasteiger partial charge in [0.05, 0.1) is 4.60 Å². The largest absolute Gasteiger partial charge is 0.349 e.